The molecule has 19 heavy (non-hydrogen) atoms. The summed E-state index contributed by atoms with van der Waals surface area (Å²) in [6.07, 6.45) is 6.82. The second-order valence-electron chi connectivity index (χ2n) is 5.94. The maximum Gasteiger partial charge on any atom is 0.0613 e. The summed E-state index contributed by atoms with van der Waals surface area (Å²) in [5, 5.41) is 13.4. The standard InChI is InChI=1S/C15H32N2O2/c1-4-9-16-15(13-18)8-5-7-14(12-15)17(2)10-6-11-19-3/h14,16,18H,4-13H2,1-3H3. The zero-order chi connectivity index (χ0) is 14.1. The van der Waals surface area contributed by atoms with Crippen LogP contribution in [0.1, 0.15) is 45.4 Å². The van der Waals surface area contributed by atoms with E-state index in [2.05, 4.69) is 24.2 Å². The minimum atomic E-state index is -0.0472. The molecule has 114 valence electrons. The number of hydrogen-bond donors (Lipinski definition) is 2. The molecule has 0 aliphatic heterocycles. The molecule has 4 heteroatoms. The Hall–Kier alpha value is -0.160. The summed E-state index contributed by atoms with van der Waals surface area (Å²) in [5.74, 6) is 0. The highest BCUT2D eigenvalue weighted by molar-refractivity contribution is 4.95. The average molecular weight is 272 g/mol. The molecule has 0 spiro atoms. The largest absolute Gasteiger partial charge is 0.394 e. The number of methoxy groups -OCH3 is 1. The maximum absolute atomic E-state index is 9.78. The molecule has 0 bridgehead atoms. The Morgan fingerprint density at radius 2 is 2.26 bits per heavy atom. The molecular formula is C15H32N2O2. The Morgan fingerprint density at radius 1 is 1.47 bits per heavy atom. The molecular weight excluding hydrogens is 240 g/mol. The van der Waals surface area contributed by atoms with Crippen LogP contribution in [0.2, 0.25) is 0 Å². The normalized spacial score (nSPS) is 27.9. The van der Waals surface area contributed by atoms with Crippen LogP contribution in [0.25, 0.3) is 0 Å². The van der Waals surface area contributed by atoms with E-state index in [1.807, 2.05) is 0 Å². The van der Waals surface area contributed by atoms with Gasteiger partial charge in [-0.15, -0.1) is 0 Å². The Morgan fingerprint density at radius 3 is 2.89 bits per heavy atom. The molecule has 2 unspecified atom stereocenters. The number of nitrogens with zero attached hydrogens (tertiary/aromatic N) is 1. The van der Waals surface area contributed by atoms with E-state index in [0.717, 1.165) is 45.4 Å². The fraction of sp³-hybridized carbons (Fsp3) is 1.00. The minimum Gasteiger partial charge on any atom is -0.394 e. The summed E-state index contributed by atoms with van der Waals surface area (Å²) in [6, 6.07) is 0.585. The number of rotatable bonds is 9. The molecule has 1 aliphatic rings. The molecule has 2 atom stereocenters. The second kappa shape index (κ2) is 8.90. The molecule has 0 heterocycles. The smallest absolute Gasteiger partial charge is 0.0613 e. The maximum atomic E-state index is 9.78. The SMILES string of the molecule is CCCNC1(CO)CCCC(N(C)CCCOC)C1. The molecule has 0 aromatic rings. The van der Waals surface area contributed by atoms with E-state index in [1.165, 1.54) is 12.8 Å². The van der Waals surface area contributed by atoms with Crippen LogP contribution >= 0.6 is 0 Å². The van der Waals surface area contributed by atoms with E-state index in [9.17, 15) is 5.11 Å². The van der Waals surface area contributed by atoms with Gasteiger partial charge in [-0.25, -0.2) is 0 Å². The lowest BCUT2D eigenvalue weighted by atomic mass is 9.78. The van der Waals surface area contributed by atoms with Gasteiger partial charge < -0.3 is 20.1 Å². The van der Waals surface area contributed by atoms with Gasteiger partial charge in [0.25, 0.3) is 0 Å². The van der Waals surface area contributed by atoms with Crippen LogP contribution in [0.3, 0.4) is 0 Å². The quantitative estimate of drug-likeness (QED) is 0.626. The highest BCUT2D eigenvalue weighted by atomic mass is 16.5. The summed E-state index contributed by atoms with van der Waals surface area (Å²) < 4.78 is 5.12. The molecule has 0 aromatic carbocycles. The van der Waals surface area contributed by atoms with Crippen molar-refractivity contribution in [1.29, 1.82) is 0 Å². The van der Waals surface area contributed by atoms with Crippen molar-refractivity contribution in [2.45, 2.75) is 57.0 Å². The summed E-state index contributed by atoms with van der Waals surface area (Å²) in [5.41, 5.74) is -0.0472. The third-order valence-corrected chi connectivity index (χ3v) is 4.35. The van der Waals surface area contributed by atoms with Crippen molar-refractivity contribution in [2.75, 3.05) is 40.5 Å². The van der Waals surface area contributed by atoms with E-state index in [1.54, 1.807) is 7.11 Å². The zero-order valence-corrected chi connectivity index (χ0v) is 13.0. The molecule has 4 nitrogen and oxygen atoms in total. The van der Waals surface area contributed by atoms with E-state index in [4.69, 9.17) is 4.74 Å². The Balaban J connectivity index is 2.46. The first-order chi connectivity index (χ1) is 9.17. The first-order valence-electron chi connectivity index (χ1n) is 7.72. The van der Waals surface area contributed by atoms with E-state index >= 15 is 0 Å². The number of aliphatic hydroxyl groups is 1. The van der Waals surface area contributed by atoms with Crippen LogP contribution in [-0.4, -0.2) is 62.0 Å². The van der Waals surface area contributed by atoms with Gasteiger partial charge >= 0.3 is 0 Å². The van der Waals surface area contributed by atoms with E-state index in [0.29, 0.717) is 6.04 Å². The first-order valence-corrected chi connectivity index (χ1v) is 7.72. The predicted molar refractivity (Wildman–Crippen MR) is 79.5 cm³/mol. The Kier molecular flexibility index (Phi) is 7.91. The van der Waals surface area contributed by atoms with Gasteiger partial charge in [-0.2, -0.15) is 0 Å². The van der Waals surface area contributed by atoms with Crippen molar-refractivity contribution in [3.63, 3.8) is 0 Å². The molecule has 0 radical (unpaired) electrons. The van der Waals surface area contributed by atoms with Gasteiger partial charge in [0.15, 0.2) is 0 Å². The van der Waals surface area contributed by atoms with Crippen LogP contribution in [0.4, 0.5) is 0 Å². The Bertz CT molecular complexity index is 238. The van der Waals surface area contributed by atoms with Crippen LogP contribution in [0.15, 0.2) is 0 Å². The summed E-state index contributed by atoms with van der Waals surface area (Å²) in [7, 11) is 3.96. The Labute approximate surface area is 118 Å². The molecule has 1 saturated carbocycles. The van der Waals surface area contributed by atoms with Gasteiger partial charge in [0.2, 0.25) is 0 Å². The van der Waals surface area contributed by atoms with E-state index in [-0.39, 0.29) is 12.1 Å². The molecule has 1 fully saturated rings. The van der Waals surface area contributed by atoms with Gasteiger partial charge in [-0.3, -0.25) is 0 Å². The number of ether oxygens (including phenoxy) is 1. The first kappa shape index (κ1) is 16.9. The third-order valence-electron chi connectivity index (χ3n) is 4.35. The molecule has 0 saturated heterocycles. The van der Waals surface area contributed by atoms with Gasteiger partial charge in [0.05, 0.1) is 6.61 Å². The topological polar surface area (TPSA) is 44.7 Å². The lowest BCUT2D eigenvalue weighted by Gasteiger charge is -2.43. The zero-order valence-electron chi connectivity index (χ0n) is 13.0. The lowest BCUT2D eigenvalue weighted by molar-refractivity contribution is 0.0659. The number of hydrogen-bond acceptors (Lipinski definition) is 4. The molecule has 1 aliphatic carbocycles. The van der Waals surface area contributed by atoms with Crippen LogP contribution in [0, 0.1) is 0 Å². The molecule has 0 amide bonds. The van der Waals surface area contributed by atoms with Gasteiger partial charge in [0.1, 0.15) is 0 Å². The number of aliphatic hydroxyl groups excluding tert-OH is 1. The highest BCUT2D eigenvalue weighted by Gasteiger charge is 2.36. The monoisotopic (exact) mass is 272 g/mol. The molecule has 1 rings (SSSR count). The fourth-order valence-corrected chi connectivity index (χ4v) is 3.10. The highest BCUT2D eigenvalue weighted by Crippen LogP contribution is 2.30. The summed E-state index contributed by atoms with van der Waals surface area (Å²) in [4.78, 5) is 2.44. The minimum absolute atomic E-state index is 0.0472. The van der Waals surface area contributed by atoms with Gasteiger partial charge in [-0.05, 0) is 52.1 Å². The number of nitrogens with one attached hydrogen (secondary N) is 1. The van der Waals surface area contributed by atoms with Crippen molar-refractivity contribution < 1.29 is 9.84 Å². The summed E-state index contributed by atoms with van der Waals surface area (Å²) >= 11 is 0. The van der Waals surface area contributed by atoms with Crippen molar-refractivity contribution >= 4 is 0 Å². The molecule has 0 aromatic heterocycles. The van der Waals surface area contributed by atoms with Crippen LogP contribution in [-0.2, 0) is 4.74 Å². The third kappa shape index (κ3) is 5.38. The predicted octanol–water partition coefficient (Wildman–Crippen LogP) is 1.63. The van der Waals surface area contributed by atoms with Crippen molar-refractivity contribution in [3.8, 4) is 0 Å². The van der Waals surface area contributed by atoms with Crippen LogP contribution < -0.4 is 5.32 Å². The summed E-state index contributed by atoms with van der Waals surface area (Å²) in [6.45, 7) is 5.34. The molecule has 2 N–H and O–H groups in total. The van der Waals surface area contributed by atoms with Crippen molar-refractivity contribution in [2.24, 2.45) is 0 Å². The fourth-order valence-electron chi connectivity index (χ4n) is 3.10. The van der Waals surface area contributed by atoms with Crippen molar-refractivity contribution in [3.05, 3.63) is 0 Å². The van der Waals surface area contributed by atoms with Crippen molar-refractivity contribution in [1.82, 2.24) is 10.2 Å². The second-order valence-corrected chi connectivity index (χ2v) is 5.94. The van der Waals surface area contributed by atoms with Crippen LogP contribution in [0.5, 0.6) is 0 Å². The average Bonchev–Trinajstić information content (AvgIpc) is 2.45. The van der Waals surface area contributed by atoms with Gasteiger partial charge in [-0.1, -0.05) is 6.92 Å². The lowest BCUT2D eigenvalue weighted by Crippen LogP contribution is -2.55. The van der Waals surface area contributed by atoms with Gasteiger partial charge in [0, 0.05) is 31.8 Å². The van der Waals surface area contributed by atoms with E-state index < -0.39 is 0 Å².